The van der Waals surface area contributed by atoms with Gasteiger partial charge in [-0.15, -0.1) is 0 Å². The maximum absolute atomic E-state index is 12.9. The average Bonchev–Trinajstić information content (AvgIpc) is 3.37. The molecule has 1 aromatic heterocycles. The number of aryl methyl sites for hydroxylation is 1. The first-order chi connectivity index (χ1) is 18.8. The summed E-state index contributed by atoms with van der Waals surface area (Å²) in [5.74, 6) is 1.22. The quantitative estimate of drug-likeness (QED) is 0.154. The van der Waals surface area contributed by atoms with Crippen LogP contribution in [0.25, 0.3) is 34.5 Å². The molecule has 0 spiro atoms. The van der Waals surface area contributed by atoms with Crippen molar-refractivity contribution in [2.75, 3.05) is 13.7 Å². The molecule has 5 nitrogen and oxygen atoms in total. The number of carbonyl (C=O) groups excluding carboxylic acids is 1. The zero-order valence-electron chi connectivity index (χ0n) is 21.7. The Morgan fingerprint density at radius 1 is 0.897 bits per heavy atom. The van der Waals surface area contributed by atoms with Gasteiger partial charge in [0.2, 0.25) is 0 Å². The Labute approximate surface area is 225 Å². The minimum atomic E-state index is -4.36. The number of benzene rings is 3. The molecule has 0 aliphatic rings. The molecule has 4 rings (SSSR count). The van der Waals surface area contributed by atoms with Crippen LogP contribution in [0.3, 0.4) is 0 Å². The standard InChI is InChI=1S/C31H29F3N2O3/c1-3-36-21-28(25-11-15-26(16-12-25)31(32,33)34)35-29(36)19-8-22-6-9-23(10-7-22)24-13-17-27(18-14-24)39-20-4-5-30(37)38-2/h6-19,21H,3-5,20H2,1-2H3/b19-8+. The summed E-state index contributed by atoms with van der Waals surface area (Å²) in [6.07, 6.45) is 2.26. The number of methoxy groups -OCH3 is 1. The average molecular weight is 535 g/mol. The molecule has 39 heavy (non-hydrogen) atoms. The number of hydrogen-bond donors (Lipinski definition) is 0. The Balaban J connectivity index is 1.39. The fraction of sp³-hybridized carbons (Fsp3) is 0.226. The van der Waals surface area contributed by atoms with Crippen LogP contribution in [0.2, 0.25) is 0 Å². The first-order valence-electron chi connectivity index (χ1n) is 12.6. The molecule has 0 N–H and O–H groups in total. The van der Waals surface area contributed by atoms with Crippen LogP contribution in [0.1, 0.15) is 36.7 Å². The zero-order valence-corrected chi connectivity index (χ0v) is 21.7. The number of hydrogen-bond acceptors (Lipinski definition) is 4. The summed E-state index contributed by atoms with van der Waals surface area (Å²) in [5.41, 5.74) is 3.68. The van der Waals surface area contributed by atoms with E-state index in [0.29, 0.717) is 37.3 Å². The molecule has 0 aliphatic carbocycles. The van der Waals surface area contributed by atoms with E-state index in [1.165, 1.54) is 19.2 Å². The Kier molecular flexibility index (Phi) is 8.86. The highest BCUT2D eigenvalue weighted by Gasteiger charge is 2.30. The van der Waals surface area contributed by atoms with Crippen LogP contribution < -0.4 is 4.74 Å². The molecule has 0 saturated heterocycles. The van der Waals surface area contributed by atoms with E-state index in [1.807, 2.05) is 78.4 Å². The SMILES string of the molecule is CCn1cc(-c2ccc(C(F)(F)F)cc2)nc1/C=C/c1ccc(-c2ccc(OCCCC(=O)OC)cc2)cc1. The van der Waals surface area contributed by atoms with Crippen molar-refractivity contribution in [1.82, 2.24) is 9.55 Å². The molecular weight excluding hydrogens is 505 g/mol. The molecule has 0 amide bonds. The molecule has 8 heteroatoms. The highest BCUT2D eigenvalue weighted by molar-refractivity contribution is 5.72. The van der Waals surface area contributed by atoms with Crippen molar-refractivity contribution < 1.29 is 27.4 Å². The maximum atomic E-state index is 12.9. The monoisotopic (exact) mass is 534 g/mol. The van der Waals surface area contributed by atoms with Gasteiger partial charge in [0.15, 0.2) is 0 Å². The maximum Gasteiger partial charge on any atom is 0.416 e. The predicted octanol–water partition coefficient (Wildman–Crippen LogP) is 7.76. The summed E-state index contributed by atoms with van der Waals surface area (Å²) in [4.78, 5) is 15.8. The van der Waals surface area contributed by atoms with Gasteiger partial charge in [-0.3, -0.25) is 4.79 Å². The lowest BCUT2D eigenvalue weighted by molar-refractivity contribution is -0.141. The van der Waals surface area contributed by atoms with E-state index in [0.717, 1.165) is 40.4 Å². The number of aromatic nitrogens is 2. The Morgan fingerprint density at radius 3 is 2.10 bits per heavy atom. The van der Waals surface area contributed by atoms with Crippen LogP contribution in [0.4, 0.5) is 13.2 Å². The minimum absolute atomic E-state index is 0.245. The van der Waals surface area contributed by atoms with Crippen LogP contribution in [0.5, 0.6) is 5.75 Å². The normalized spacial score (nSPS) is 11.6. The van der Waals surface area contributed by atoms with Gasteiger partial charge in [-0.05, 0) is 60.4 Å². The summed E-state index contributed by atoms with van der Waals surface area (Å²) in [6.45, 7) is 3.11. The van der Waals surface area contributed by atoms with Crippen LogP contribution in [-0.2, 0) is 22.3 Å². The lowest BCUT2D eigenvalue weighted by Crippen LogP contribution is -2.04. The van der Waals surface area contributed by atoms with E-state index in [4.69, 9.17) is 4.74 Å². The fourth-order valence-corrected chi connectivity index (χ4v) is 4.00. The number of carbonyl (C=O) groups is 1. The van der Waals surface area contributed by atoms with Crippen molar-refractivity contribution in [3.05, 3.63) is 95.9 Å². The molecule has 0 unspecified atom stereocenters. The first-order valence-corrected chi connectivity index (χ1v) is 12.6. The number of esters is 1. The number of alkyl halides is 3. The van der Waals surface area contributed by atoms with Gasteiger partial charge >= 0.3 is 12.1 Å². The summed E-state index contributed by atoms with van der Waals surface area (Å²) >= 11 is 0. The van der Waals surface area contributed by atoms with E-state index in [1.54, 1.807) is 0 Å². The first kappa shape index (κ1) is 27.7. The molecule has 1 heterocycles. The van der Waals surface area contributed by atoms with Crippen molar-refractivity contribution in [2.24, 2.45) is 0 Å². The zero-order chi connectivity index (χ0) is 27.8. The van der Waals surface area contributed by atoms with Crippen molar-refractivity contribution in [3.8, 4) is 28.1 Å². The topological polar surface area (TPSA) is 53.4 Å². The Bertz CT molecular complexity index is 1410. The third-order valence-corrected chi connectivity index (χ3v) is 6.20. The van der Waals surface area contributed by atoms with Gasteiger partial charge < -0.3 is 14.0 Å². The van der Waals surface area contributed by atoms with Gasteiger partial charge in [0.05, 0.1) is 25.0 Å². The molecular formula is C31H29F3N2O3. The van der Waals surface area contributed by atoms with Gasteiger partial charge in [0, 0.05) is 24.7 Å². The van der Waals surface area contributed by atoms with Gasteiger partial charge in [0.1, 0.15) is 11.6 Å². The van der Waals surface area contributed by atoms with Crippen LogP contribution >= 0.6 is 0 Å². The summed E-state index contributed by atoms with van der Waals surface area (Å²) in [7, 11) is 1.37. The van der Waals surface area contributed by atoms with Crippen molar-refractivity contribution >= 4 is 18.1 Å². The van der Waals surface area contributed by atoms with Crippen LogP contribution in [0.15, 0.2) is 79.0 Å². The molecule has 0 aliphatic heterocycles. The lowest BCUT2D eigenvalue weighted by atomic mass is 10.0. The molecule has 0 radical (unpaired) electrons. The van der Waals surface area contributed by atoms with Crippen LogP contribution in [0, 0.1) is 0 Å². The number of ether oxygens (including phenoxy) is 2. The Morgan fingerprint density at radius 2 is 1.51 bits per heavy atom. The number of nitrogens with zero attached hydrogens (tertiary/aromatic N) is 2. The third-order valence-electron chi connectivity index (χ3n) is 6.20. The molecule has 3 aromatic carbocycles. The number of imidazole rings is 1. The second-order valence-corrected chi connectivity index (χ2v) is 8.85. The number of halogens is 3. The molecule has 4 aromatic rings. The lowest BCUT2D eigenvalue weighted by Gasteiger charge is -2.07. The second kappa shape index (κ2) is 12.5. The highest BCUT2D eigenvalue weighted by Crippen LogP contribution is 2.31. The summed E-state index contributed by atoms with van der Waals surface area (Å²) in [5, 5.41) is 0. The summed E-state index contributed by atoms with van der Waals surface area (Å²) < 4.78 is 50.9. The molecule has 0 bridgehead atoms. The molecule has 0 saturated carbocycles. The third kappa shape index (κ3) is 7.37. The Hall–Kier alpha value is -4.33. The van der Waals surface area contributed by atoms with Gasteiger partial charge in [0.25, 0.3) is 0 Å². The minimum Gasteiger partial charge on any atom is -0.494 e. The summed E-state index contributed by atoms with van der Waals surface area (Å²) in [6, 6.07) is 20.9. The number of rotatable bonds is 10. The fourth-order valence-electron chi connectivity index (χ4n) is 4.00. The van der Waals surface area contributed by atoms with Gasteiger partial charge in [-0.1, -0.05) is 54.6 Å². The van der Waals surface area contributed by atoms with E-state index < -0.39 is 11.7 Å². The highest BCUT2D eigenvalue weighted by atomic mass is 19.4. The van der Waals surface area contributed by atoms with E-state index in [-0.39, 0.29) is 5.97 Å². The van der Waals surface area contributed by atoms with Gasteiger partial charge in [-0.25, -0.2) is 4.98 Å². The van der Waals surface area contributed by atoms with Crippen molar-refractivity contribution in [3.63, 3.8) is 0 Å². The largest absolute Gasteiger partial charge is 0.494 e. The molecule has 0 atom stereocenters. The second-order valence-electron chi connectivity index (χ2n) is 8.85. The van der Waals surface area contributed by atoms with E-state index in [9.17, 15) is 18.0 Å². The van der Waals surface area contributed by atoms with E-state index in [2.05, 4.69) is 9.72 Å². The van der Waals surface area contributed by atoms with E-state index >= 15 is 0 Å². The van der Waals surface area contributed by atoms with Crippen molar-refractivity contribution in [2.45, 2.75) is 32.5 Å². The van der Waals surface area contributed by atoms with Crippen molar-refractivity contribution in [1.29, 1.82) is 0 Å². The predicted molar refractivity (Wildman–Crippen MR) is 146 cm³/mol. The molecule has 202 valence electrons. The smallest absolute Gasteiger partial charge is 0.416 e. The molecule has 0 fully saturated rings. The van der Waals surface area contributed by atoms with Gasteiger partial charge in [-0.2, -0.15) is 13.2 Å². The van der Waals surface area contributed by atoms with Crippen LogP contribution in [-0.4, -0.2) is 29.2 Å².